The molecule has 0 radical (unpaired) electrons. The topological polar surface area (TPSA) is 69.6 Å². The van der Waals surface area contributed by atoms with E-state index in [-0.39, 0.29) is 11.9 Å². The Morgan fingerprint density at radius 3 is 2.69 bits per heavy atom. The summed E-state index contributed by atoms with van der Waals surface area (Å²) < 4.78 is 31.7. The fourth-order valence-corrected chi connectivity index (χ4v) is 3.66. The van der Waals surface area contributed by atoms with Crippen LogP contribution in [0.15, 0.2) is 36.7 Å². The Morgan fingerprint density at radius 1 is 1.03 bits per heavy atom. The second-order valence-electron chi connectivity index (χ2n) is 7.11. The monoisotopic (exact) mass is 396 g/mol. The van der Waals surface area contributed by atoms with Crippen LogP contribution in [0.1, 0.15) is 6.42 Å². The number of aromatic nitrogens is 3. The minimum atomic E-state index is -0.280. The molecule has 8 heteroatoms. The number of anilines is 1. The first-order valence-electron chi connectivity index (χ1n) is 9.77. The van der Waals surface area contributed by atoms with E-state index in [1.165, 1.54) is 6.07 Å². The summed E-state index contributed by atoms with van der Waals surface area (Å²) in [6.07, 6.45) is 3.97. The zero-order valence-corrected chi connectivity index (χ0v) is 15.9. The predicted octanol–water partition coefficient (Wildman–Crippen LogP) is 2.84. The van der Waals surface area contributed by atoms with Crippen molar-refractivity contribution in [3.05, 3.63) is 42.5 Å². The minimum Gasteiger partial charge on any atom is -0.470 e. The van der Waals surface area contributed by atoms with Crippen molar-refractivity contribution in [1.82, 2.24) is 15.0 Å². The quantitative estimate of drug-likeness (QED) is 0.672. The Labute approximate surface area is 167 Å². The van der Waals surface area contributed by atoms with E-state index in [0.29, 0.717) is 73.4 Å². The Bertz CT molecular complexity index is 1020. The SMILES string of the molecule is Fc1cc(-c2cc3nccnc3c(O[C@@H]3CCOC3)n2)ccc1N1CCOCC1. The van der Waals surface area contributed by atoms with Crippen LogP contribution in [0.2, 0.25) is 0 Å². The number of nitrogens with zero attached hydrogens (tertiary/aromatic N) is 4. The van der Waals surface area contributed by atoms with Gasteiger partial charge in [0.05, 0.1) is 43.3 Å². The summed E-state index contributed by atoms with van der Waals surface area (Å²) in [5.41, 5.74) is 3.09. The lowest BCUT2D eigenvalue weighted by molar-refractivity contribution is 0.122. The van der Waals surface area contributed by atoms with Gasteiger partial charge in [-0.15, -0.1) is 0 Å². The largest absolute Gasteiger partial charge is 0.470 e. The van der Waals surface area contributed by atoms with Gasteiger partial charge in [0.25, 0.3) is 0 Å². The van der Waals surface area contributed by atoms with Crippen molar-refractivity contribution in [3.8, 4) is 17.1 Å². The lowest BCUT2D eigenvalue weighted by Gasteiger charge is -2.29. The molecule has 2 aliphatic rings. The van der Waals surface area contributed by atoms with E-state index in [9.17, 15) is 4.39 Å². The van der Waals surface area contributed by atoms with Gasteiger partial charge in [-0.1, -0.05) is 6.07 Å². The summed E-state index contributed by atoms with van der Waals surface area (Å²) in [4.78, 5) is 15.4. The Kier molecular flexibility index (Phi) is 4.95. The Hall–Kier alpha value is -2.84. The molecule has 0 unspecified atom stereocenters. The van der Waals surface area contributed by atoms with Crippen LogP contribution in [-0.4, -0.2) is 60.6 Å². The number of halogens is 1. The highest BCUT2D eigenvalue weighted by Crippen LogP contribution is 2.31. The van der Waals surface area contributed by atoms with Gasteiger partial charge in [0.15, 0.2) is 5.52 Å². The van der Waals surface area contributed by atoms with Crippen LogP contribution in [0.3, 0.4) is 0 Å². The summed E-state index contributed by atoms with van der Waals surface area (Å²) in [5, 5.41) is 0. The molecule has 3 aromatic rings. The molecule has 0 amide bonds. The van der Waals surface area contributed by atoms with Crippen molar-refractivity contribution < 1.29 is 18.6 Å². The third kappa shape index (κ3) is 3.73. The van der Waals surface area contributed by atoms with Gasteiger partial charge in [-0.05, 0) is 18.2 Å². The number of morpholine rings is 1. The molecular formula is C21H21FN4O3. The average molecular weight is 396 g/mol. The van der Waals surface area contributed by atoms with Crippen LogP contribution in [-0.2, 0) is 9.47 Å². The maximum atomic E-state index is 14.9. The van der Waals surface area contributed by atoms with Crippen LogP contribution >= 0.6 is 0 Å². The second kappa shape index (κ2) is 7.88. The zero-order chi connectivity index (χ0) is 19.6. The van der Waals surface area contributed by atoms with E-state index < -0.39 is 0 Å². The number of hydrogen-bond acceptors (Lipinski definition) is 7. The standard InChI is InChI=1S/C21H21FN4O3/c22-16-11-14(1-2-19(16)26-6-9-27-10-7-26)17-12-18-20(24-5-4-23-18)21(25-17)29-15-3-8-28-13-15/h1-2,4-5,11-12,15H,3,6-10,13H2/t15-/m1/s1. The van der Waals surface area contributed by atoms with Crippen LogP contribution in [0.4, 0.5) is 10.1 Å². The number of pyridine rings is 1. The van der Waals surface area contributed by atoms with E-state index in [1.54, 1.807) is 18.5 Å². The highest BCUT2D eigenvalue weighted by molar-refractivity contribution is 5.83. The van der Waals surface area contributed by atoms with Gasteiger partial charge < -0.3 is 19.1 Å². The first-order chi connectivity index (χ1) is 14.3. The Morgan fingerprint density at radius 2 is 1.90 bits per heavy atom. The van der Waals surface area contributed by atoms with Crippen molar-refractivity contribution in [2.45, 2.75) is 12.5 Å². The van der Waals surface area contributed by atoms with Gasteiger partial charge in [0.1, 0.15) is 11.9 Å². The molecule has 2 fully saturated rings. The van der Waals surface area contributed by atoms with Crippen LogP contribution in [0.5, 0.6) is 5.88 Å². The molecule has 4 heterocycles. The summed E-state index contributed by atoms with van der Waals surface area (Å²) in [6.45, 7) is 3.77. The van der Waals surface area contributed by atoms with Gasteiger partial charge in [-0.3, -0.25) is 4.98 Å². The third-order valence-corrected chi connectivity index (χ3v) is 5.19. The van der Waals surface area contributed by atoms with Crippen molar-refractivity contribution >= 4 is 16.7 Å². The molecule has 1 aromatic carbocycles. The molecule has 29 heavy (non-hydrogen) atoms. The molecule has 0 N–H and O–H groups in total. The molecular weight excluding hydrogens is 375 g/mol. The fraction of sp³-hybridized carbons (Fsp3) is 0.381. The number of rotatable bonds is 4. The summed E-state index contributed by atoms with van der Waals surface area (Å²) in [5.74, 6) is 0.121. The van der Waals surface area contributed by atoms with Crippen LogP contribution in [0, 0.1) is 5.82 Å². The molecule has 1 atom stereocenters. The predicted molar refractivity (Wildman–Crippen MR) is 106 cm³/mol. The van der Waals surface area contributed by atoms with E-state index in [2.05, 4.69) is 15.0 Å². The van der Waals surface area contributed by atoms with Crippen molar-refractivity contribution in [3.63, 3.8) is 0 Å². The molecule has 0 saturated carbocycles. The number of ether oxygens (including phenoxy) is 3. The molecule has 0 spiro atoms. The maximum Gasteiger partial charge on any atom is 0.243 e. The number of hydrogen-bond donors (Lipinski definition) is 0. The first-order valence-corrected chi connectivity index (χ1v) is 9.77. The normalized spacial score (nSPS) is 19.6. The number of benzene rings is 1. The van der Waals surface area contributed by atoms with Crippen LogP contribution in [0.25, 0.3) is 22.3 Å². The van der Waals surface area contributed by atoms with Crippen molar-refractivity contribution in [2.24, 2.45) is 0 Å². The molecule has 0 aliphatic carbocycles. The van der Waals surface area contributed by atoms with Crippen LogP contribution < -0.4 is 9.64 Å². The average Bonchev–Trinajstić information content (AvgIpc) is 3.27. The van der Waals surface area contributed by atoms with Crippen molar-refractivity contribution in [2.75, 3.05) is 44.4 Å². The summed E-state index contributed by atoms with van der Waals surface area (Å²) in [7, 11) is 0. The van der Waals surface area contributed by atoms with E-state index in [1.807, 2.05) is 17.0 Å². The molecule has 0 bridgehead atoms. The van der Waals surface area contributed by atoms with E-state index >= 15 is 0 Å². The zero-order valence-electron chi connectivity index (χ0n) is 15.9. The lowest BCUT2D eigenvalue weighted by atomic mass is 10.1. The molecule has 2 saturated heterocycles. The third-order valence-electron chi connectivity index (χ3n) is 5.19. The molecule has 2 aromatic heterocycles. The minimum absolute atomic E-state index is 0.0663. The highest BCUT2D eigenvalue weighted by Gasteiger charge is 2.21. The molecule has 2 aliphatic heterocycles. The van der Waals surface area contributed by atoms with E-state index in [4.69, 9.17) is 14.2 Å². The Balaban J connectivity index is 1.51. The number of fused-ring (bicyclic) bond motifs is 1. The van der Waals surface area contributed by atoms with Gasteiger partial charge in [0.2, 0.25) is 5.88 Å². The molecule has 5 rings (SSSR count). The lowest BCUT2D eigenvalue weighted by Crippen LogP contribution is -2.36. The van der Waals surface area contributed by atoms with Crippen molar-refractivity contribution in [1.29, 1.82) is 0 Å². The maximum absolute atomic E-state index is 14.9. The summed E-state index contributed by atoms with van der Waals surface area (Å²) >= 11 is 0. The molecule has 7 nitrogen and oxygen atoms in total. The van der Waals surface area contributed by atoms with Gasteiger partial charge in [-0.25, -0.2) is 14.4 Å². The summed E-state index contributed by atoms with van der Waals surface area (Å²) in [6, 6.07) is 6.99. The van der Waals surface area contributed by atoms with E-state index in [0.717, 1.165) is 6.42 Å². The second-order valence-corrected chi connectivity index (χ2v) is 7.11. The first kappa shape index (κ1) is 18.2. The smallest absolute Gasteiger partial charge is 0.243 e. The van der Waals surface area contributed by atoms with Gasteiger partial charge >= 0.3 is 0 Å². The van der Waals surface area contributed by atoms with Gasteiger partial charge in [-0.2, -0.15) is 0 Å². The van der Waals surface area contributed by atoms with Gasteiger partial charge in [0, 0.05) is 37.5 Å². The fourth-order valence-electron chi connectivity index (χ4n) is 3.66. The molecule has 150 valence electrons. The highest BCUT2D eigenvalue weighted by atomic mass is 19.1.